The van der Waals surface area contributed by atoms with Crippen LogP contribution in [0.2, 0.25) is 0 Å². The summed E-state index contributed by atoms with van der Waals surface area (Å²) in [6.45, 7) is 3.87. The van der Waals surface area contributed by atoms with Gasteiger partial charge < -0.3 is 5.32 Å². The van der Waals surface area contributed by atoms with E-state index in [4.69, 9.17) is 0 Å². The van der Waals surface area contributed by atoms with Crippen molar-refractivity contribution >= 4 is 5.69 Å². The lowest BCUT2D eigenvalue weighted by Gasteiger charge is -2.35. The lowest BCUT2D eigenvalue weighted by atomic mass is 9.96. The van der Waals surface area contributed by atoms with Crippen LogP contribution in [0.25, 0.3) is 0 Å². The maximum atomic E-state index is 10.8. The number of nitro benzene ring substituents is 1. The number of nitrogens with one attached hydrogen (secondary N) is 1. The van der Waals surface area contributed by atoms with E-state index in [-0.39, 0.29) is 16.7 Å². The second-order valence-electron chi connectivity index (χ2n) is 5.45. The van der Waals surface area contributed by atoms with Crippen LogP contribution in [0.3, 0.4) is 0 Å². The fourth-order valence-electron chi connectivity index (χ4n) is 2.97. The van der Waals surface area contributed by atoms with E-state index >= 15 is 0 Å². The summed E-state index contributed by atoms with van der Waals surface area (Å²) in [7, 11) is 0. The van der Waals surface area contributed by atoms with Crippen molar-refractivity contribution in [2.75, 3.05) is 26.2 Å². The van der Waals surface area contributed by atoms with Gasteiger partial charge in [-0.1, -0.05) is 42.5 Å². The third-order valence-electron chi connectivity index (χ3n) is 4.05. The first-order chi connectivity index (χ1) is 10.8. The topological polar surface area (TPSA) is 58.4 Å². The Kier molecular flexibility index (Phi) is 4.46. The number of nitrogens with zero attached hydrogens (tertiary/aromatic N) is 2. The third kappa shape index (κ3) is 3.16. The van der Waals surface area contributed by atoms with Gasteiger partial charge in [-0.25, -0.2) is 0 Å². The predicted octanol–water partition coefficient (Wildman–Crippen LogP) is 2.59. The standard InChI is InChI=1S/C17H19N3O2/c21-20(22)16-8-6-15(7-9-16)17(14-4-2-1-3-5-14)19-12-10-18-11-13-19/h1-9,17-18H,10-13H2/t17-/m1/s1. The van der Waals surface area contributed by atoms with Crippen molar-refractivity contribution in [2.24, 2.45) is 0 Å². The summed E-state index contributed by atoms with van der Waals surface area (Å²) < 4.78 is 0. The Morgan fingerprint density at radius 1 is 0.955 bits per heavy atom. The average Bonchev–Trinajstić information content (AvgIpc) is 2.57. The Bertz CT molecular complexity index is 622. The molecule has 0 aliphatic carbocycles. The zero-order valence-electron chi connectivity index (χ0n) is 12.3. The number of piperazine rings is 1. The fraction of sp³-hybridized carbons (Fsp3) is 0.294. The highest BCUT2D eigenvalue weighted by molar-refractivity contribution is 5.38. The van der Waals surface area contributed by atoms with E-state index in [2.05, 4.69) is 22.3 Å². The Morgan fingerprint density at radius 2 is 1.55 bits per heavy atom. The highest BCUT2D eigenvalue weighted by atomic mass is 16.6. The summed E-state index contributed by atoms with van der Waals surface area (Å²) in [5.74, 6) is 0. The zero-order valence-corrected chi connectivity index (χ0v) is 12.3. The van der Waals surface area contributed by atoms with Crippen molar-refractivity contribution < 1.29 is 4.92 Å². The van der Waals surface area contributed by atoms with Crippen LogP contribution < -0.4 is 5.32 Å². The van der Waals surface area contributed by atoms with Gasteiger partial charge in [-0.15, -0.1) is 0 Å². The van der Waals surface area contributed by atoms with Gasteiger partial charge in [0, 0.05) is 38.3 Å². The molecule has 3 rings (SSSR count). The highest BCUT2D eigenvalue weighted by Crippen LogP contribution is 2.29. The predicted molar refractivity (Wildman–Crippen MR) is 85.8 cm³/mol. The molecule has 0 amide bonds. The molecule has 1 atom stereocenters. The molecule has 2 aromatic carbocycles. The molecule has 0 aromatic heterocycles. The molecule has 0 bridgehead atoms. The summed E-state index contributed by atoms with van der Waals surface area (Å²) in [5, 5.41) is 14.2. The molecule has 0 radical (unpaired) electrons. The first kappa shape index (κ1) is 14.7. The van der Waals surface area contributed by atoms with Gasteiger partial charge in [0.2, 0.25) is 0 Å². The van der Waals surface area contributed by atoms with E-state index in [9.17, 15) is 10.1 Å². The molecule has 1 aliphatic heterocycles. The maximum absolute atomic E-state index is 10.8. The molecule has 0 saturated carbocycles. The molecule has 1 fully saturated rings. The van der Waals surface area contributed by atoms with Crippen molar-refractivity contribution in [1.82, 2.24) is 10.2 Å². The van der Waals surface area contributed by atoms with Crippen molar-refractivity contribution in [3.05, 3.63) is 75.8 Å². The molecular formula is C17H19N3O2. The third-order valence-corrected chi connectivity index (χ3v) is 4.05. The molecule has 2 aromatic rings. The van der Waals surface area contributed by atoms with Gasteiger partial charge in [-0.05, 0) is 11.1 Å². The van der Waals surface area contributed by atoms with Crippen molar-refractivity contribution in [2.45, 2.75) is 6.04 Å². The van der Waals surface area contributed by atoms with Crippen LogP contribution in [0.15, 0.2) is 54.6 Å². The quantitative estimate of drug-likeness (QED) is 0.696. The lowest BCUT2D eigenvalue weighted by Crippen LogP contribution is -2.45. The molecule has 22 heavy (non-hydrogen) atoms. The number of hydrogen-bond acceptors (Lipinski definition) is 4. The van der Waals surface area contributed by atoms with Gasteiger partial charge in [0.1, 0.15) is 0 Å². The summed E-state index contributed by atoms with van der Waals surface area (Å²) in [6.07, 6.45) is 0. The van der Waals surface area contributed by atoms with E-state index in [1.54, 1.807) is 12.1 Å². The lowest BCUT2D eigenvalue weighted by molar-refractivity contribution is -0.384. The SMILES string of the molecule is O=[N+]([O-])c1ccc([C@@H](c2ccccc2)N2CCNCC2)cc1. The molecule has 1 aliphatic rings. The van der Waals surface area contributed by atoms with Crippen molar-refractivity contribution in [3.8, 4) is 0 Å². The normalized spacial score (nSPS) is 17.1. The van der Waals surface area contributed by atoms with Crippen LogP contribution in [0.1, 0.15) is 17.2 Å². The molecule has 5 nitrogen and oxygen atoms in total. The second kappa shape index (κ2) is 6.68. The Morgan fingerprint density at radius 3 is 2.14 bits per heavy atom. The Labute approximate surface area is 129 Å². The average molecular weight is 297 g/mol. The van der Waals surface area contributed by atoms with Crippen molar-refractivity contribution in [3.63, 3.8) is 0 Å². The van der Waals surface area contributed by atoms with Gasteiger partial charge >= 0.3 is 0 Å². The molecule has 1 saturated heterocycles. The Hall–Kier alpha value is -2.24. The van der Waals surface area contributed by atoms with Gasteiger partial charge in [0.05, 0.1) is 11.0 Å². The van der Waals surface area contributed by atoms with Crippen LogP contribution in [0.4, 0.5) is 5.69 Å². The van der Waals surface area contributed by atoms with Crippen LogP contribution >= 0.6 is 0 Å². The highest BCUT2D eigenvalue weighted by Gasteiger charge is 2.24. The molecule has 5 heteroatoms. The van der Waals surface area contributed by atoms with Crippen LogP contribution in [-0.2, 0) is 0 Å². The number of benzene rings is 2. The molecule has 0 unspecified atom stereocenters. The monoisotopic (exact) mass is 297 g/mol. The summed E-state index contributed by atoms with van der Waals surface area (Å²) in [5.41, 5.74) is 2.45. The van der Waals surface area contributed by atoms with Crippen LogP contribution in [0, 0.1) is 10.1 Å². The zero-order chi connectivity index (χ0) is 15.4. The largest absolute Gasteiger partial charge is 0.314 e. The van der Waals surface area contributed by atoms with Crippen LogP contribution in [0.5, 0.6) is 0 Å². The summed E-state index contributed by atoms with van der Waals surface area (Å²) in [6, 6.07) is 17.4. The van der Waals surface area contributed by atoms with Gasteiger partial charge in [0.15, 0.2) is 0 Å². The number of rotatable bonds is 4. The Balaban J connectivity index is 1.95. The molecule has 1 heterocycles. The van der Waals surface area contributed by atoms with E-state index in [1.807, 2.05) is 30.3 Å². The van der Waals surface area contributed by atoms with E-state index < -0.39 is 0 Å². The summed E-state index contributed by atoms with van der Waals surface area (Å²) >= 11 is 0. The molecule has 114 valence electrons. The maximum Gasteiger partial charge on any atom is 0.269 e. The minimum Gasteiger partial charge on any atom is -0.314 e. The number of nitro groups is 1. The smallest absolute Gasteiger partial charge is 0.269 e. The number of hydrogen-bond donors (Lipinski definition) is 1. The minimum atomic E-state index is -0.355. The molecular weight excluding hydrogens is 278 g/mol. The summed E-state index contributed by atoms with van der Waals surface area (Å²) in [4.78, 5) is 12.9. The molecule has 0 spiro atoms. The number of non-ortho nitro benzene ring substituents is 1. The van der Waals surface area contributed by atoms with Gasteiger partial charge in [-0.2, -0.15) is 0 Å². The first-order valence-electron chi connectivity index (χ1n) is 7.50. The fourth-order valence-corrected chi connectivity index (χ4v) is 2.97. The van der Waals surface area contributed by atoms with Crippen molar-refractivity contribution in [1.29, 1.82) is 0 Å². The first-order valence-corrected chi connectivity index (χ1v) is 7.50. The second-order valence-corrected chi connectivity index (χ2v) is 5.45. The minimum absolute atomic E-state index is 0.135. The van der Waals surface area contributed by atoms with Gasteiger partial charge in [-0.3, -0.25) is 15.0 Å². The van der Waals surface area contributed by atoms with Gasteiger partial charge in [0.25, 0.3) is 5.69 Å². The van der Waals surface area contributed by atoms with E-state index in [1.165, 1.54) is 5.56 Å². The van der Waals surface area contributed by atoms with Crippen LogP contribution in [-0.4, -0.2) is 36.0 Å². The van der Waals surface area contributed by atoms with E-state index in [0.717, 1.165) is 31.7 Å². The van der Waals surface area contributed by atoms with E-state index in [0.29, 0.717) is 0 Å². The molecule has 1 N–H and O–H groups in total.